The quantitative estimate of drug-likeness (QED) is 0.588. The molecule has 8 heteroatoms. The first-order chi connectivity index (χ1) is 15.5. The van der Waals surface area contributed by atoms with E-state index in [2.05, 4.69) is 16.8 Å². The molecule has 168 valence electrons. The summed E-state index contributed by atoms with van der Waals surface area (Å²) in [5.74, 6) is 2.48. The van der Waals surface area contributed by atoms with E-state index in [1.165, 1.54) is 6.20 Å². The van der Waals surface area contributed by atoms with Crippen molar-refractivity contribution in [1.29, 1.82) is 0 Å². The average Bonchev–Trinajstić information content (AvgIpc) is 2.82. The molecule has 0 amide bonds. The molecule has 2 aliphatic rings. The van der Waals surface area contributed by atoms with Gasteiger partial charge >= 0.3 is 0 Å². The van der Waals surface area contributed by atoms with Gasteiger partial charge in [0.1, 0.15) is 23.9 Å². The molecule has 1 saturated heterocycles. The van der Waals surface area contributed by atoms with E-state index in [4.69, 9.17) is 14.2 Å². The SMILES string of the molecule is COc1ccc(S(=O)(=O)c2cnc3cc4c(cc3c2N2CCC(C)CC2)OCCO4)cc1. The van der Waals surface area contributed by atoms with E-state index in [1.54, 1.807) is 31.4 Å². The summed E-state index contributed by atoms with van der Waals surface area (Å²) in [7, 11) is -2.25. The second kappa shape index (κ2) is 8.16. The number of pyridine rings is 1. The second-order valence-electron chi connectivity index (χ2n) is 8.33. The predicted molar refractivity (Wildman–Crippen MR) is 122 cm³/mol. The first kappa shape index (κ1) is 20.9. The molecule has 2 aliphatic heterocycles. The third-order valence-electron chi connectivity index (χ3n) is 6.23. The van der Waals surface area contributed by atoms with Crippen LogP contribution in [0.25, 0.3) is 10.9 Å². The largest absolute Gasteiger partial charge is 0.497 e. The minimum Gasteiger partial charge on any atom is -0.497 e. The Morgan fingerprint density at radius 2 is 1.69 bits per heavy atom. The smallest absolute Gasteiger partial charge is 0.210 e. The van der Waals surface area contributed by atoms with Gasteiger partial charge in [0.05, 0.1) is 23.2 Å². The molecule has 1 aromatic heterocycles. The molecule has 1 fully saturated rings. The van der Waals surface area contributed by atoms with Crippen molar-refractivity contribution in [3.8, 4) is 17.2 Å². The van der Waals surface area contributed by atoms with Gasteiger partial charge in [0.15, 0.2) is 11.5 Å². The lowest BCUT2D eigenvalue weighted by atomic mass is 9.98. The molecule has 0 bridgehead atoms. The molecule has 32 heavy (non-hydrogen) atoms. The van der Waals surface area contributed by atoms with Gasteiger partial charge in [-0.3, -0.25) is 4.98 Å². The molecule has 0 aliphatic carbocycles. The number of methoxy groups -OCH3 is 1. The van der Waals surface area contributed by atoms with Crippen molar-refractivity contribution in [1.82, 2.24) is 4.98 Å². The van der Waals surface area contributed by atoms with E-state index in [-0.39, 0.29) is 9.79 Å². The fraction of sp³-hybridized carbons (Fsp3) is 0.375. The minimum absolute atomic E-state index is 0.210. The number of hydrogen-bond acceptors (Lipinski definition) is 7. The predicted octanol–water partition coefficient (Wildman–Crippen LogP) is 4.08. The van der Waals surface area contributed by atoms with Crippen LogP contribution in [0.15, 0.2) is 52.4 Å². The van der Waals surface area contributed by atoms with Crippen LogP contribution in [0.3, 0.4) is 0 Å². The highest BCUT2D eigenvalue weighted by atomic mass is 32.2. The van der Waals surface area contributed by atoms with Crippen molar-refractivity contribution in [2.45, 2.75) is 29.6 Å². The van der Waals surface area contributed by atoms with Gasteiger partial charge in [0.2, 0.25) is 9.84 Å². The molecular weight excluding hydrogens is 428 g/mol. The Bertz CT molecular complexity index is 1250. The van der Waals surface area contributed by atoms with Gasteiger partial charge in [0.25, 0.3) is 0 Å². The van der Waals surface area contributed by atoms with Gasteiger partial charge < -0.3 is 19.1 Å². The fourth-order valence-electron chi connectivity index (χ4n) is 4.33. The summed E-state index contributed by atoms with van der Waals surface area (Å²) in [6.45, 7) is 4.77. The lowest BCUT2D eigenvalue weighted by Crippen LogP contribution is -2.34. The highest BCUT2D eigenvalue weighted by Crippen LogP contribution is 2.42. The van der Waals surface area contributed by atoms with Gasteiger partial charge in [-0.25, -0.2) is 8.42 Å². The number of anilines is 1. The zero-order valence-corrected chi connectivity index (χ0v) is 19.0. The summed E-state index contributed by atoms with van der Waals surface area (Å²) in [5, 5.41) is 0.762. The number of benzene rings is 2. The van der Waals surface area contributed by atoms with Crippen molar-refractivity contribution >= 4 is 26.4 Å². The molecule has 0 unspecified atom stereocenters. The maximum atomic E-state index is 13.7. The molecule has 0 saturated carbocycles. The van der Waals surface area contributed by atoms with Crippen LogP contribution in [-0.4, -0.2) is 46.8 Å². The number of nitrogens with zero attached hydrogens (tertiary/aromatic N) is 2. The minimum atomic E-state index is -3.80. The van der Waals surface area contributed by atoms with E-state index in [0.717, 1.165) is 31.3 Å². The van der Waals surface area contributed by atoms with E-state index >= 15 is 0 Å². The molecule has 3 aromatic rings. The molecule has 2 aromatic carbocycles. The zero-order chi connectivity index (χ0) is 22.3. The summed E-state index contributed by atoms with van der Waals surface area (Å²) in [4.78, 5) is 7.12. The summed E-state index contributed by atoms with van der Waals surface area (Å²) >= 11 is 0. The van der Waals surface area contributed by atoms with Gasteiger partial charge in [-0.1, -0.05) is 6.92 Å². The third-order valence-corrected chi connectivity index (χ3v) is 8.00. The third kappa shape index (κ3) is 3.62. The summed E-state index contributed by atoms with van der Waals surface area (Å²) in [6, 6.07) is 10.2. The van der Waals surface area contributed by atoms with Crippen molar-refractivity contribution < 1.29 is 22.6 Å². The fourth-order valence-corrected chi connectivity index (χ4v) is 5.77. The van der Waals surface area contributed by atoms with Gasteiger partial charge in [-0.05, 0) is 49.1 Å². The molecule has 0 atom stereocenters. The first-order valence-corrected chi connectivity index (χ1v) is 12.3. The molecular formula is C24H26N2O5S. The summed E-state index contributed by atoms with van der Waals surface area (Å²) < 4.78 is 44.1. The van der Waals surface area contributed by atoms with Crippen LogP contribution in [0, 0.1) is 5.92 Å². The van der Waals surface area contributed by atoms with Crippen LogP contribution in [0.1, 0.15) is 19.8 Å². The monoisotopic (exact) mass is 454 g/mol. The standard InChI is InChI=1S/C24H26N2O5S/c1-16-7-9-26(10-8-16)24-19-13-21-22(31-12-11-30-21)14-20(19)25-15-23(24)32(27,28)18-5-3-17(29-2)4-6-18/h3-6,13-16H,7-12H2,1-2H3. The number of rotatable bonds is 4. The van der Waals surface area contributed by atoms with Crippen molar-refractivity contribution in [2.24, 2.45) is 5.92 Å². The van der Waals surface area contributed by atoms with Crippen molar-refractivity contribution in [3.63, 3.8) is 0 Å². The normalized spacial score (nSPS) is 16.9. The first-order valence-electron chi connectivity index (χ1n) is 10.8. The number of piperidine rings is 1. The van der Waals surface area contributed by atoms with Crippen LogP contribution < -0.4 is 19.1 Å². The van der Waals surface area contributed by atoms with Gasteiger partial charge in [-0.15, -0.1) is 0 Å². The van der Waals surface area contributed by atoms with Gasteiger partial charge in [0, 0.05) is 30.7 Å². The number of aromatic nitrogens is 1. The van der Waals surface area contributed by atoms with E-state index in [1.807, 2.05) is 12.1 Å². The number of fused-ring (bicyclic) bond motifs is 2. The molecule has 5 rings (SSSR count). The highest BCUT2D eigenvalue weighted by Gasteiger charge is 2.29. The number of ether oxygens (including phenoxy) is 3. The van der Waals surface area contributed by atoms with Crippen molar-refractivity contribution in [2.75, 3.05) is 38.3 Å². The van der Waals surface area contributed by atoms with E-state index in [0.29, 0.717) is 47.6 Å². The maximum absolute atomic E-state index is 13.7. The zero-order valence-electron chi connectivity index (χ0n) is 18.2. The Morgan fingerprint density at radius 1 is 1.03 bits per heavy atom. The van der Waals surface area contributed by atoms with E-state index in [9.17, 15) is 8.42 Å². The number of sulfone groups is 1. The van der Waals surface area contributed by atoms with Crippen LogP contribution in [0.2, 0.25) is 0 Å². The molecule has 0 spiro atoms. The Morgan fingerprint density at radius 3 is 2.34 bits per heavy atom. The topological polar surface area (TPSA) is 78.0 Å². The Hall–Kier alpha value is -3.00. The van der Waals surface area contributed by atoms with Crippen LogP contribution >= 0.6 is 0 Å². The van der Waals surface area contributed by atoms with Crippen LogP contribution in [0.5, 0.6) is 17.2 Å². The lowest BCUT2D eigenvalue weighted by molar-refractivity contribution is 0.172. The summed E-state index contributed by atoms with van der Waals surface area (Å²) in [5.41, 5.74) is 1.38. The maximum Gasteiger partial charge on any atom is 0.210 e. The number of hydrogen-bond donors (Lipinski definition) is 0. The highest BCUT2D eigenvalue weighted by molar-refractivity contribution is 7.91. The molecule has 7 nitrogen and oxygen atoms in total. The second-order valence-corrected chi connectivity index (χ2v) is 10.3. The molecule has 0 N–H and O–H groups in total. The summed E-state index contributed by atoms with van der Waals surface area (Å²) in [6.07, 6.45) is 3.50. The van der Waals surface area contributed by atoms with Crippen LogP contribution in [0.4, 0.5) is 5.69 Å². The van der Waals surface area contributed by atoms with Gasteiger partial charge in [-0.2, -0.15) is 0 Å². The average molecular weight is 455 g/mol. The van der Waals surface area contributed by atoms with Crippen LogP contribution in [-0.2, 0) is 9.84 Å². The Balaban J connectivity index is 1.71. The Labute approximate surface area is 187 Å². The Kier molecular flexibility index (Phi) is 5.33. The lowest BCUT2D eigenvalue weighted by Gasteiger charge is -2.34. The molecule has 0 radical (unpaired) electrons. The van der Waals surface area contributed by atoms with Crippen molar-refractivity contribution in [3.05, 3.63) is 42.6 Å². The van der Waals surface area contributed by atoms with E-state index < -0.39 is 9.84 Å². The molecule has 3 heterocycles.